The van der Waals surface area contributed by atoms with Gasteiger partial charge in [-0.15, -0.1) is 0 Å². The summed E-state index contributed by atoms with van der Waals surface area (Å²) >= 11 is 0. The van der Waals surface area contributed by atoms with Crippen LogP contribution in [0.2, 0.25) is 0 Å². The predicted octanol–water partition coefficient (Wildman–Crippen LogP) is 3.02. The van der Waals surface area contributed by atoms with Crippen molar-refractivity contribution in [2.24, 2.45) is 0 Å². The van der Waals surface area contributed by atoms with Crippen molar-refractivity contribution in [1.82, 2.24) is 0 Å². The van der Waals surface area contributed by atoms with Crippen LogP contribution in [0.5, 0.6) is 17.2 Å². The number of rotatable bonds is 5. The molecule has 0 unspecified atom stereocenters. The SMILES string of the molecule is CC(=O)c1cccc(O[C@@H](C)C(=O)Nc2ccc3c(c2)OCO3)c1. The summed E-state index contributed by atoms with van der Waals surface area (Å²) in [7, 11) is 0. The molecule has 1 aliphatic heterocycles. The van der Waals surface area contributed by atoms with Crippen LogP contribution in [0.25, 0.3) is 0 Å². The van der Waals surface area contributed by atoms with Crippen molar-refractivity contribution in [2.75, 3.05) is 12.1 Å². The summed E-state index contributed by atoms with van der Waals surface area (Å²) in [5.74, 6) is 1.35. The van der Waals surface area contributed by atoms with Crippen LogP contribution in [0, 0.1) is 0 Å². The third-order valence-corrected chi connectivity index (χ3v) is 3.56. The molecular formula is C18H17NO5. The second-order valence-corrected chi connectivity index (χ2v) is 5.40. The standard InChI is InChI=1S/C18H17NO5/c1-11(20)13-4-3-5-15(8-13)24-12(2)18(21)19-14-6-7-16-17(9-14)23-10-22-16/h3-9,12H,10H2,1-2H3,(H,19,21)/t12-/m0/s1. The number of fused-ring (bicyclic) bond motifs is 1. The van der Waals surface area contributed by atoms with Crippen LogP contribution in [0.15, 0.2) is 42.5 Å². The minimum atomic E-state index is -0.724. The third-order valence-electron chi connectivity index (χ3n) is 3.56. The van der Waals surface area contributed by atoms with Gasteiger partial charge in [0.15, 0.2) is 23.4 Å². The van der Waals surface area contributed by atoms with Gasteiger partial charge in [-0.3, -0.25) is 9.59 Å². The Morgan fingerprint density at radius 1 is 1.12 bits per heavy atom. The fourth-order valence-electron chi connectivity index (χ4n) is 2.26. The number of amides is 1. The quantitative estimate of drug-likeness (QED) is 0.855. The molecule has 0 spiro atoms. The smallest absolute Gasteiger partial charge is 0.265 e. The van der Waals surface area contributed by atoms with Crippen LogP contribution < -0.4 is 19.5 Å². The summed E-state index contributed by atoms with van der Waals surface area (Å²) in [5.41, 5.74) is 1.13. The normalized spacial score (nSPS) is 13.2. The van der Waals surface area contributed by atoms with E-state index in [1.165, 1.54) is 6.92 Å². The van der Waals surface area contributed by atoms with Crippen molar-refractivity contribution < 1.29 is 23.8 Å². The molecule has 0 saturated carbocycles. The number of benzene rings is 2. The predicted molar refractivity (Wildman–Crippen MR) is 87.7 cm³/mol. The molecule has 1 N–H and O–H groups in total. The van der Waals surface area contributed by atoms with E-state index in [1.807, 2.05) is 0 Å². The molecule has 0 bridgehead atoms. The van der Waals surface area contributed by atoms with E-state index < -0.39 is 6.10 Å². The fourth-order valence-corrected chi connectivity index (χ4v) is 2.26. The highest BCUT2D eigenvalue weighted by atomic mass is 16.7. The summed E-state index contributed by atoms with van der Waals surface area (Å²) < 4.78 is 16.1. The Kier molecular flexibility index (Phi) is 4.37. The number of hydrogen-bond acceptors (Lipinski definition) is 5. The van der Waals surface area contributed by atoms with E-state index in [1.54, 1.807) is 49.4 Å². The molecule has 0 aromatic heterocycles. The number of nitrogens with one attached hydrogen (secondary N) is 1. The van der Waals surface area contributed by atoms with Crippen LogP contribution in [-0.4, -0.2) is 24.6 Å². The largest absolute Gasteiger partial charge is 0.481 e. The molecule has 1 heterocycles. The van der Waals surface area contributed by atoms with Gasteiger partial charge in [0.05, 0.1) is 0 Å². The second-order valence-electron chi connectivity index (χ2n) is 5.40. The highest BCUT2D eigenvalue weighted by molar-refractivity contribution is 5.95. The van der Waals surface area contributed by atoms with E-state index in [4.69, 9.17) is 14.2 Å². The zero-order chi connectivity index (χ0) is 17.1. The van der Waals surface area contributed by atoms with E-state index in [-0.39, 0.29) is 18.5 Å². The van der Waals surface area contributed by atoms with Gasteiger partial charge < -0.3 is 19.5 Å². The Labute approximate surface area is 139 Å². The molecule has 6 heteroatoms. The Morgan fingerprint density at radius 2 is 1.92 bits per heavy atom. The first-order chi connectivity index (χ1) is 11.5. The van der Waals surface area contributed by atoms with Gasteiger partial charge in [0.2, 0.25) is 6.79 Å². The highest BCUT2D eigenvalue weighted by Gasteiger charge is 2.18. The zero-order valence-electron chi connectivity index (χ0n) is 13.4. The van der Waals surface area contributed by atoms with E-state index in [0.717, 1.165) is 0 Å². The average Bonchev–Trinajstić information content (AvgIpc) is 3.02. The van der Waals surface area contributed by atoms with E-state index >= 15 is 0 Å². The summed E-state index contributed by atoms with van der Waals surface area (Å²) in [5, 5.41) is 2.76. The van der Waals surface area contributed by atoms with Crippen LogP contribution in [0.1, 0.15) is 24.2 Å². The molecule has 1 amide bonds. The molecule has 0 saturated heterocycles. The third kappa shape index (κ3) is 3.48. The van der Waals surface area contributed by atoms with Crippen molar-refractivity contribution in [3.05, 3.63) is 48.0 Å². The Balaban J connectivity index is 1.64. The first kappa shape index (κ1) is 15.9. The van der Waals surface area contributed by atoms with Crippen LogP contribution >= 0.6 is 0 Å². The number of anilines is 1. The maximum absolute atomic E-state index is 12.3. The lowest BCUT2D eigenvalue weighted by Crippen LogP contribution is -2.30. The number of hydrogen-bond donors (Lipinski definition) is 1. The van der Waals surface area contributed by atoms with Crippen molar-refractivity contribution in [3.63, 3.8) is 0 Å². The van der Waals surface area contributed by atoms with Gasteiger partial charge in [-0.2, -0.15) is 0 Å². The Hall–Kier alpha value is -3.02. The lowest BCUT2D eigenvalue weighted by molar-refractivity contribution is -0.122. The van der Waals surface area contributed by atoms with Crippen LogP contribution in [0.3, 0.4) is 0 Å². The molecule has 124 valence electrons. The molecule has 1 atom stereocenters. The molecule has 1 aliphatic rings. The first-order valence-electron chi connectivity index (χ1n) is 7.51. The summed E-state index contributed by atoms with van der Waals surface area (Å²) in [4.78, 5) is 23.7. The Morgan fingerprint density at radius 3 is 2.71 bits per heavy atom. The molecular weight excluding hydrogens is 310 g/mol. The number of ketones is 1. The summed E-state index contributed by atoms with van der Waals surface area (Å²) in [6.45, 7) is 3.30. The van der Waals surface area contributed by atoms with Gasteiger partial charge in [0.25, 0.3) is 5.91 Å². The number of carbonyl (C=O) groups is 2. The van der Waals surface area contributed by atoms with Gasteiger partial charge in [0.1, 0.15) is 5.75 Å². The van der Waals surface area contributed by atoms with E-state index in [9.17, 15) is 9.59 Å². The topological polar surface area (TPSA) is 73.9 Å². The van der Waals surface area contributed by atoms with Gasteiger partial charge in [-0.05, 0) is 38.1 Å². The highest BCUT2D eigenvalue weighted by Crippen LogP contribution is 2.34. The van der Waals surface area contributed by atoms with Crippen LogP contribution in [-0.2, 0) is 4.79 Å². The summed E-state index contributed by atoms with van der Waals surface area (Å²) in [6.07, 6.45) is -0.724. The fraction of sp³-hybridized carbons (Fsp3) is 0.222. The van der Waals surface area contributed by atoms with Gasteiger partial charge in [0, 0.05) is 17.3 Å². The molecule has 0 fully saturated rings. The molecule has 6 nitrogen and oxygen atoms in total. The summed E-state index contributed by atoms with van der Waals surface area (Å²) in [6, 6.07) is 11.9. The van der Waals surface area contributed by atoms with Crippen molar-refractivity contribution in [3.8, 4) is 17.2 Å². The molecule has 0 aliphatic carbocycles. The van der Waals surface area contributed by atoms with Crippen LogP contribution in [0.4, 0.5) is 5.69 Å². The minimum Gasteiger partial charge on any atom is -0.481 e. The average molecular weight is 327 g/mol. The van der Waals surface area contributed by atoms with E-state index in [2.05, 4.69) is 5.32 Å². The van der Waals surface area contributed by atoms with Gasteiger partial charge in [-0.25, -0.2) is 0 Å². The Bertz CT molecular complexity index is 787. The van der Waals surface area contributed by atoms with Crippen molar-refractivity contribution in [2.45, 2.75) is 20.0 Å². The maximum atomic E-state index is 12.3. The molecule has 3 rings (SSSR count). The molecule has 2 aromatic rings. The van der Waals surface area contributed by atoms with Gasteiger partial charge in [-0.1, -0.05) is 12.1 Å². The minimum absolute atomic E-state index is 0.0575. The molecule has 24 heavy (non-hydrogen) atoms. The zero-order valence-corrected chi connectivity index (χ0v) is 13.4. The molecule has 2 aromatic carbocycles. The number of ether oxygens (including phenoxy) is 3. The lowest BCUT2D eigenvalue weighted by atomic mass is 10.1. The lowest BCUT2D eigenvalue weighted by Gasteiger charge is -2.15. The van der Waals surface area contributed by atoms with Crippen molar-refractivity contribution in [1.29, 1.82) is 0 Å². The maximum Gasteiger partial charge on any atom is 0.265 e. The number of Topliss-reactive ketones (excluding diaryl/α,β-unsaturated/α-hetero) is 1. The van der Waals surface area contributed by atoms with E-state index in [0.29, 0.717) is 28.5 Å². The number of carbonyl (C=O) groups excluding carboxylic acids is 2. The second kappa shape index (κ2) is 6.62. The monoisotopic (exact) mass is 327 g/mol. The first-order valence-corrected chi connectivity index (χ1v) is 7.51. The van der Waals surface area contributed by atoms with Crippen molar-refractivity contribution >= 4 is 17.4 Å². The molecule has 0 radical (unpaired) electrons. The van der Waals surface area contributed by atoms with Gasteiger partial charge >= 0.3 is 0 Å².